The SMILES string of the molecule is CS(=O)(=O)c1cc(C(F)(F)F)ccc1CO. The van der Waals surface area contributed by atoms with Gasteiger partial charge in [0.05, 0.1) is 17.1 Å². The van der Waals surface area contributed by atoms with Crippen molar-refractivity contribution in [2.24, 2.45) is 0 Å². The van der Waals surface area contributed by atoms with Gasteiger partial charge >= 0.3 is 6.18 Å². The van der Waals surface area contributed by atoms with Crippen LogP contribution < -0.4 is 0 Å². The summed E-state index contributed by atoms with van der Waals surface area (Å²) in [6, 6.07) is 2.22. The van der Waals surface area contributed by atoms with Gasteiger partial charge in [-0.25, -0.2) is 8.42 Å². The molecule has 0 atom stereocenters. The molecule has 0 aromatic heterocycles. The summed E-state index contributed by atoms with van der Waals surface area (Å²) in [5.74, 6) is 0. The van der Waals surface area contributed by atoms with Gasteiger partial charge in [-0.3, -0.25) is 0 Å². The quantitative estimate of drug-likeness (QED) is 0.872. The Morgan fingerprint density at radius 1 is 1.31 bits per heavy atom. The van der Waals surface area contributed by atoms with Crippen LogP contribution in [0.15, 0.2) is 23.1 Å². The molecule has 90 valence electrons. The monoisotopic (exact) mass is 254 g/mol. The molecule has 16 heavy (non-hydrogen) atoms. The van der Waals surface area contributed by atoms with Crippen LogP contribution in [0.1, 0.15) is 11.1 Å². The van der Waals surface area contributed by atoms with E-state index in [1.54, 1.807) is 0 Å². The highest BCUT2D eigenvalue weighted by atomic mass is 32.2. The topological polar surface area (TPSA) is 54.4 Å². The summed E-state index contributed by atoms with van der Waals surface area (Å²) in [7, 11) is -3.79. The third kappa shape index (κ3) is 2.73. The minimum Gasteiger partial charge on any atom is -0.392 e. The van der Waals surface area contributed by atoms with E-state index in [0.717, 1.165) is 18.4 Å². The van der Waals surface area contributed by atoms with Crippen LogP contribution in [0.2, 0.25) is 0 Å². The Hall–Kier alpha value is -1.08. The van der Waals surface area contributed by atoms with E-state index in [-0.39, 0.29) is 5.56 Å². The number of benzene rings is 1. The predicted octanol–water partition coefficient (Wildman–Crippen LogP) is 1.60. The van der Waals surface area contributed by atoms with Crippen LogP contribution in [-0.4, -0.2) is 19.8 Å². The Morgan fingerprint density at radius 3 is 2.25 bits per heavy atom. The van der Waals surface area contributed by atoms with Gasteiger partial charge in [-0.05, 0) is 17.7 Å². The van der Waals surface area contributed by atoms with Crippen molar-refractivity contribution in [3.63, 3.8) is 0 Å². The number of hydrogen-bond donors (Lipinski definition) is 1. The lowest BCUT2D eigenvalue weighted by atomic mass is 10.1. The average molecular weight is 254 g/mol. The third-order valence-corrected chi connectivity index (χ3v) is 3.14. The summed E-state index contributed by atoms with van der Waals surface area (Å²) in [5.41, 5.74) is -1.10. The van der Waals surface area contributed by atoms with E-state index in [2.05, 4.69) is 0 Å². The van der Waals surface area contributed by atoms with Crippen molar-refractivity contribution in [1.82, 2.24) is 0 Å². The van der Waals surface area contributed by atoms with Gasteiger partial charge in [-0.1, -0.05) is 6.07 Å². The summed E-state index contributed by atoms with van der Waals surface area (Å²) in [6.07, 6.45) is -3.81. The Kier molecular flexibility index (Phi) is 3.30. The zero-order valence-electron chi connectivity index (χ0n) is 8.25. The Bertz CT molecular complexity index is 491. The highest BCUT2D eigenvalue weighted by Crippen LogP contribution is 2.31. The molecule has 1 aromatic carbocycles. The molecule has 0 aliphatic heterocycles. The first-order chi connectivity index (χ1) is 7.16. The van der Waals surface area contributed by atoms with Gasteiger partial charge in [0.2, 0.25) is 0 Å². The van der Waals surface area contributed by atoms with Crippen LogP contribution in [-0.2, 0) is 22.6 Å². The summed E-state index contributed by atoms with van der Waals surface area (Å²) in [4.78, 5) is -0.496. The maximum Gasteiger partial charge on any atom is 0.416 e. The molecular weight excluding hydrogens is 245 g/mol. The van der Waals surface area contributed by atoms with Crippen molar-refractivity contribution >= 4 is 9.84 Å². The molecular formula is C9H9F3O3S. The molecule has 0 radical (unpaired) electrons. The van der Waals surface area contributed by atoms with Crippen LogP contribution in [0, 0.1) is 0 Å². The predicted molar refractivity (Wildman–Crippen MR) is 50.5 cm³/mol. The van der Waals surface area contributed by atoms with Gasteiger partial charge in [0.25, 0.3) is 0 Å². The van der Waals surface area contributed by atoms with Gasteiger partial charge in [-0.2, -0.15) is 13.2 Å². The van der Waals surface area contributed by atoms with Gasteiger partial charge in [0.1, 0.15) is 0 Å². The third-order valence-electron chi connectivity index (χ3n) is 1.96. The van der Waals surface area contributed by atoms with E-state index in [0.29, 0.717) is 6.07 Å². The lowest BCUT2D eigenvalue weighted by molar-refractivity contribution is -0.137. The first kappa shape index (κ1) is 13.0. The summed E-state index contributed by atoms with van der Waals surface area (Å²) in [5, 5.41) is 8.83. The van der Waals surface area contributed by atoms with Crippen LogP contribution in [0.4, 0.5) is 13.2 Å². The fraction of sp³-hybridized carbons (Fsp3) is 0.333. The minimum atomic E-state index is -4.60. The average Bonchev–Trinajstić information content (AvgIpc) is 2.14. The second-order valence-corrected chi connectivity index (χ2v) is 5.23. The molecule has 1 N–H and O–H groups in total. The number of rotatable bonds is 2. The molecule has 3 nitrogen and oxygen atoms in total. The van der Waals surface area contributed by atoms with E-state index >= 15 is 0 Å². The highest BCUT2D eigenvalue weighted by molar-refractivity contribution is 7.90. The zero-order valence-corrected chi connectivity index (χ0v) is 9.06. The minimum absolute atomic E-state index is 0.0458. The molecule has 0 bridgehead atoms. The molecule has 7 heteroatoms. The van der Waals surface area contributed by atoms with Gasteiger partial charge in [0, 0.05) is 6.26 Å². The molecule has 1 rings (SSSR count). The molecule has 0 amide bonds. The lowest BCUT2D eigenvalue weighted by Crippen LogP contribution is -2.09. The number of alkyl halides is 3. The maximum atomic E-state index is 12.3. The lowest BCUT2D eigenvalue weighted by Gasteiger charge is -2.10. The molecule has 0 heterocycles. The van der Waals surface area contributed by atoms with Gasteiger partial charge in [-0.15, -0.1) is 0 Å². The molecule has 0 saturated carbocycles. The number of aliphatic hydroxyl groups excluding tert-OH is 1. The second-order valence-electron chi connectivity index (χ2n) is 3.25. The molecule has 0 spiro atoms. The number of aliphatic hydroxyl groups is 1. The van der Waals surface area contributed by atoms with E-state index in [9.17, 15) is 21.6 Å². The van der Waals surface area contributed by atoms with Crippen LogP contribution >= 0.6 is 0 Å². The summed E-state index contributed by atoms with van der Waals surface area (Å²) in [6.45, 7) is -0.624. The van der Waals surface area contributed by atoms with Gasteiger partial charge < -0.3 is 5.11 Å². The standard InChI is InChI=1S/C9H9F3O3S/c1-16(14,15)8-4-7(9(10,11)12)3-2-6(8)5-13/h2-4,13H,5H2,1H3. The second kappa shape index (κ2) is 4.06. The van der Waals surface area contributed by atoms with Crippen LogP contribution in [0.25, 0.3) is 0 Å². The van der Waals surface area contributed by atoms with E-state index in [4.69, 9.17) is 5.11 Å². The Balaban J connectivity index is 3.46. The Morgan fingerprint density at radius 2 is 1.88 bits per heavy atom. The van der Waals surface area contributed by atoms with Crippen molar-refractivity contribution in [1.29, 1.82) is 0 Å². The van der Waals surface area contributed by atoms with Crippen LogP contribution in [0.5, 0.6) is 0 Å². The normalized spacial score (nSPS) is 12.8. The number of halogens is 3. The smallest absolute Gasteiger partial charge is 0.392 e. The fourth-order valence-corrected chi connectivity index (χ4v) is 2.16. The zero-order chi connectivity index (χ0) is 12.6. The summed E-state index contributed by atoms with van der Waals surface area (Å²) >= 11 is 0. The molecule has 0 aliphatic rings. The van der Waals surface area contributed by atoms with Gasteiger partial charge in [0.15, 0.2) is 9.84 Å². The molecule has 0 aliphatic carbocycles. The highest BCUT2D eigenvalue weighted by Gasteiger charge is 2.32. The van der Waals surface area contributed by atoms with Crippen LogP contribution in [0.3, 0.4) is 0 Å². The van der Waals surface area contributed by atoms with E-state index in [1.165, 1.54) is 0 Å². The first-order valence-electron chi connectivity index (χ1n) is 4.17. The molecule has 0 saturated heterocycles. The van der Waals surface area contributed by atoms with Crippen molar-refractivity contribution in [3.05, 3.63) is 29.3 Å². The molecule has 1 aromatic rings. The van der Waals surface area contributed by atoms with Crippen molar-refractivity contribution in [2.75, 3.05) is 6.26 Å². The van der Waals surface area contributed by atoms with E-state index < -0.39 is 33.1 Å². The van der Waals surface area contributed by atoms with Crippen molar-refractivity contribution in [2.45, 2.75) is 17.7 Å². The first-order valence-corrected chi connectivity index (χ1v) is 6.06. The van der Waals surface area contributed by atoms with Crippen molar-refractivity contribution < 1.29 is 26.7 Å². The number of sulfone groups is 1. The largest absolute Gasteiger partial charge is 0.416 e. The number of hydrogen-bond acceptors (Lipinski definition) is 3. The van der Waals surface area contributed by atoms with Crippen molar-refractivity contribution in [3.8, 4) is 0 Å². The fourth-order valence-electron chi connectivity index (χ4n) is 1.21. The maximum absolute atomic E-state index is 12.3. The van der Waals surface area contributed by atoms with E-state index in [1.807, 2.05) is 0 Å². The Labute approximate surface area is 90.4 Å². The summed E-state index contributed by atoms with van der Waals surface area (Å²) < 4.78 is 59.4. The molecule has 0 fully saturated rings. The molecule has 0 unspecified atom stereocenters.